The normalized spacial score (nSPS) is 24.9. The Labute approximate surface area is 476 Å². The molecule has 0 bridgehead atoms. The van der Waals surface area contributed by atoms with Crippen LogP contribution in [0.25, 0.3) is 0 Å². The van der Waals surface area contributed by atoms with Gasteiger partial charge in [-0.2, -0.15) is 0 Å². The number of esters is 1. The molecular formula is C65H106O14. The van der Waals surface area contributed by atoms with Gasteiger partial charge in [0.05, 0.1) is 26.4 Å². The zero-order valence-corrected chi connectivity index (χ0v) is 48.3. The first kappa shape index (κ1) is 71.5. The maximum absolute atomic E-state index is 13.1. The van der Waals surface area contributed by atoms with Gasteiger partial charge in [-0.1, -0.05) is 193 Å². The summed E-state index contributed by atoms with van der Waals surface area (Å²) in [6.45, 7) is 3.36. The van der Waals surface area contributed by atoms with Gasteiger partial charge in [-0.25, -0.2) is 0 Å². The van der Waals surface area contributed by atoms with E-state index >= 15 is 0 Å². The summed E-state index contributed by atoms with van der Waals surface area (Å²) in [6.07, 6.45) is 54.0. The van der Waals surface area contributed by atoms with Crippen LogP contribution < -0.4 is 0 Å². The Kier molecular flexibility index (Phi) is 45.4. The Morgan fingerprint density at radius 2 is 0.785 bits per heavy atom. The Bertz CT molecular complexity index is 1770. The molecule has 14 nitrogen and oxygen atoms in total. The van der Waals surface area contributed by atoms with Crippen molar-refractivity contribution in [3.63, 3.8) is 0 Å². The van der Waals surface area contributed by atoms with Crippen LogP contribution in [0.2, 0.25) is 0 Å². The standard InChI is InChI=1S/C65H106O14/c1-3-5-7-9-11-13-15-17-19-21-23-25-27-28-30-32-34-36-38-40-42-44-46-48-57(67)77-54(51-74-49-47-45-43-41-39-37-35-33-31-29-26-24-22-20-18-16-14-12-10-8-6-4-2)52-75-64-63(73)61(71)59(69)56(79-64)53-76-65-62(72)60(70)58(68)55(50-66)78-65/h5-8,11-14,17-20,23-26,31,33,37,39,54-56,58-66,68-73H,3-4,9-10,15-16,21-22,27-30,32,34-36,38,40-53H2,1-2H3/b7-5-,8-6-,13-11-,14-12-,19-17-,20-18-,25-23-,26-24-,33-31-,39-37-. The number of aliphatic hydroxyl groups is 7. The number of unbranched alkanes of at least 4 members (excludes halogenated alkanes) is 13. The van der Waals surface area contributed by atoms with Crippen molar-refractivity contribution in [1.29, 1.82) is 0 Å². The van der Waals surface area contributed by atoms with Gasteiger partial charge in [0.2, 0.25) is 0 Å². The van der Waals surface area contributed by atoms with Crippen molar-refractivity contribution in [2.75, 3.05) is 33.0 Å². The van der Waals surface area contributed by atoms with Gasteiger partial charge in [0.1, 0.15) is 54.9 Å². The van der Waals surface area contributed by atoms with Gasteiger partial charge in [0.15, 0.2) is 12.6 Å². The number of rotatable bonds is 47. The number of hydrogen-bond acceptors (Lipinski definition) is 14. The summed E-state index contributed by atoms with van der Waals surface area (Å²) in [7, 11) is 0. The first-order chi connectivity index (χ1) is 38.6. The maximum atomic E-state index is 13.1. The first-order valence-electron chi connectivity index (χ1n) is 30.1. The molecule has 0 spiro atoms. The molecule has 2 fully saturated rings. The van der Waals surface area contributed by atoms with Crippen LogP contribution in [0.15, 0.2) is 122 Å². The van der Waals surface area contributed by atoms with Gasteiger partial charge in [-0.05, 0) is 103 Å². The second-order valence-electron chi connectivity index (χ2n) is 20.4. The molecule has 0 aromatic rings. The van der Waals surface area contributed by atoms with Crippen molar-refractivity contribution >= 4 is 5.97 Å². The smallest absolute Gasteiger partial charge is 0.306 e. The summed E-state index contributed by atoms with van der Waals surface area (Å²) >= 11 is 0. The van der Waals surface area contributed by atoms with Crippen molar-refractivity contribution in [3.05, 3.63) is 122 Å². The third-order valence-electron chi connectivity index (χ3n) is 13.5. The van der Waals surface area contributed by atoms with E-state index in [1.165, 1.54) is 38.5 Å². The highest BCUT2D eigenvalue weighted by Gasteiger charge is 2.47. The van der Waals surface area contributed by atoms with Crippen LogP contribution in [-0.2, 0) is 33.2 Å². The van der Waals surface area contributed by atoms with Crippen LogP contribution in [0.3, 0.4) is 0 Å². The van der Waals surface area contributed by atoms with Crippen LogP contribution >= 0.6 is 0 Å². The number of allylic oxidation sites excluding steroid dienone is 20. The Hall–Kier alpha value is -3.61. The minimum Gasteiger partial charge on any atom is -0.457 e. The van der Waals surface area contributed by atoms with E-state index in [9.17, 15) is 40.5 Å². The highest BCUT2D eigenvalue weighted by atomic mass is 16.7. The summed E-state index contributed by atoms with van der Waals surface area (Å²) in [5.41, 5.74) is 0. The molecule has 2 aliphatic rings. The number of carbonyl (C=O) groups is 1. The zero-order chi connectivity index (χ0) is 57.2. The minimum absolute atomic E-state index is 0.0287. The topological polar surface area (TPSA) is 214 Å². The monoisotopic (exact) mass is 1110 g/mol. The van der Waals surface area contributed by atoms with Crippen LogP contribution in [0.1, 0.15) is 181 Å². The Morgan fingerprint density at radius 1 is 0.418 bits per heavy atom. The average molecular weight is 1110 g/mol. The molecule has 2 saturated heterocycles. The van der Waals surface area contributed by atoms with Gasteiger partial charge in [-0.3, -0.25) is 4.79 Å². The van der Waals surface area contributed by atoms with E-state index in [2.05, 4.69) is 135 Å². The molecule has 0 aliphatic carbocycles. The Morgan fingerprint density at radius 3 is 1.23 bits per heavy atom. The molecule has 0 radical (unpaired) electrons. The van der Waals surface area contributed by atoms with Gasteiger partial charge in [0.25, 0.3) is 0 Å². The molecule has 450 valence electrons. The first-order valence-corrected chi connectivity index (χ1v) is 30.1. The van der Waals surface area contributed by atoms with Crippen LogP contribution in [0, 0.1) is 0 Å². The summed E-state index contributed by atoms with van der Waals surface area (Å²) < 4.78 is 34.4. The predicted octanol–water partition coefficient (Wildman–Crippen LogP) is 11.3. The van der Waals surface area contributed by atoms with Crippen LogP contribution in [0.4, 0.5) is 0 Å². The van der Waals surface area contributed by atoms with E-state index in [4.69, 9.17) is 28.4 Å². The second-order valence-corrected chi connectivity index (χ2v) is 20.4. The van der Waals surface area contributed by atoms with Gasteiger partial charge in [-0.15, -0.1) is 0 Å². The lowest BCUT2D eigenvalue weighted by Gasteiger charge is -2.42. The second kappa shape index (κ2) is 50.1. The van der Waals surface area contributed by atoms with Crippen molar-refractivity contribution in [1.82, 2.24) is 0 Å². The van der Waals surface area contributed by atoms with Crippen LogP contribution in [-0.4, -0.2) is 142 Å². The number of carbonyl (C=O) groups excluding carboxylic acids is 1. The molecule has 11 atom stereocenters. The molecular weight excluding hydrogens is 1000 g/mol. The third-order valence-corrected chi connectivity index (χ3v) is 13.5. The molecule has 0 saturated carbocycles. The molecule has 0 aromatic heterocycles. The van der Waals surface area contributed by atoms with Gasteiger partial charge in [0, 0.05) is 13.0 Å². The molecule has 79 heavy (non-hydrogen) atoms. The molecule has 0 amide bonds. The summed E-state index contributed by atoms with van der Waals surface area (Å²) in [5.74, 6) is -0.398. The number of ether oxygens (including phenoxy) is 6. The van der Waals surface area contributed by atoms with E-state index in [1.807, 2.05) is 0 Å². The predicted molar refractivity (Wildman–Crippen MR) is 316 cm³/mol. The van der Waals surface area contributed by atoms with E-state index < -0.39 is 86.7 Å². The SMILES string of the molecule is CC/C=C\C/C=C\C/C=C\C/C=C\C/C=C\C/C=C\CCCCCOCC(COC1OC(COC2OC(CO)C(O)C(O)C2O)C(O)C(O)C1O)OC(=O)CCCCCCCCCCCC/C=C\C/C=C\C/C=C\C/C=C\CC. The van der Waals surface area contributed by atoms with Crippen molar-refractivity contribution in [2.45, 2.75) is 248 Å². The van der Waals surface area contributed by atoms with E-state index in [1.54, 1.807) is 0 Å². The van der Waals surface area contributed by atoms with Gasteiger partial charge < -0.3 is 64.2 Å². The maximum Gasteiger partial charge on any atom is 0.306 e. The molecule has 11 unspecified atom stereocenters. The summed E-state index contributed by atoms with van der Waals surface area (Å²) in [5, 5.41) is 72.4. The van der Waals surface area contributed by atoms with E-state index in [0.717, 1.165) is 116 Å². The lowest BCUT2D eigenvalue weighted by molar-refractivity contribution is -0.332. The zero-order valence-electron chi connectivity index (χ0n) is 48.3. The number of hydrogen-bond donors (Lipinski definition) is 7. The summed E-state index contributed by atoms with van der Waals surface area (Å²) in [6, 6.07) is 0. The fourth-order valence-corrected chi connectivity index (χ4v) is 8.69. The third kappa shape index (κ3) is 36.5. The van der Waals surface area contributed by atoms with Crippen LogP contribution in [0.5, 0.6) is 0 Å². The quantitative estimate of drug-likeness (QED) is 0.0172. The molecule has 7 N–H and O–H groups in total. The molecule has 2 rings (SSSR count). The van der Waals surface area contributed by atoms with E-state index in [-0.39, 0.29) is 19.6 Å². The Balaban J connectivity index is 1.73. The lowest BCUT2D eigenvalue weighted by Crippen LogP contribution is -2.61. The largest absolute Gasteiger partial charge is 0.457 e. The fourth-order valence-electron chi connectivity index (χ4n) is 8.69. The highest BCUT2D eigenvalue weighted by Crippen LogP contribution is 2.26. The molecule has 14 heteroatoms. The van der Waals surface area contributed by atoms with Crippen molar-refractivity contribution < 1.29 is 69.0 Å². The molecule has 2 aliphatic heterocycles. The molecule has 2 heterocycles. The minimum atomic E-state index is -1.72. The van der Waals surface area contributed by atoms with Gasteiger partial charge >= 0.3 is 5.97 Å². The fraction of sp³-hybridized carbons (Fsp3) is 0.677. The van der Waals surface area contributed by atoms with E-state index in [0.29, 0.717) is 13.0 Å². The average Bonchev–Trinajstić information content (AvgIpc) is 3.46. The highest BCUT2D eigenvalue weighted by molar-refractivity contribution is 5.69. The number of aliphatic hydroxyl groups excluding tert-OH is 7. The van der Waals surface area contributed by atoms with Crippen molar-refractivity contribution in [2.24, 2.45) is 0 Å². The van der Waals surface area contributed by atoms with Crippen molar-refractivity contribution in [3.8, 4) is 0 Å². The lowest BCUT2D eigenvalue weighted by atomic mass is 9.98. The molecule has 0 aromatic carbocycles. The summed E-state index contributed by atoms with van der Waals surface area (Å²) in [4.78, 5) is 13.1.